The summed E-state index contributed by atoms with van der Waals surface area (Å²) in [4.78, 5) is 11.2. The molecule has 2 rings (SSSR count). The Morgan fingerprint density at radius 2 is 2.47 bits per heavy atom. The third kappa shape index (κ3) is 2.63. The molecule has 0 radical (unpaired) electrons. The standard InChI is InChI=1S/C9H15N5O2S/c1-14-7(15)11-12-8(14)17-5-9(2-3-9)4-6(10)13-16/h16H,2-5H2,1H3,(H2,10,13)(H,11,15). The van der Waals surface area contributed by atoms with Crippen molar-refractivity contribution in [1.82, 2.24) is 14.8 Å². The fourth-order valence-corrected chi connectivity index (χ4v) is 2.86. The highest BCUT2D eigenvalue weighted by Gasteiger charge is 2.43. The predicted molar refractivity (Wildman–Crippen MR) is 64.2 cm³/mol. The van der Waals surface area contributed by atoms with E-state index in [2.05, 4.69) is 15.4 Å². The average molecular weight is 257 g/mol. The van der Waals surface area contributed by atoms with Gasteiger partial charge in [-0.25, -0.2) is 9.89 Å². The fourth-order valence-electron chi connectivity index (χ4n) is 1.65. The van der Waals surface area contributed by atoms with E-state index in [9.17, 15) is 4.79 Å². The number of aromatic amines is 1. The molecule has 1 saturated carbocycles. The molecule has 0 aromatic carbocycles. The number of nitrogens with one attached hydrogen (secondary N) is 1. The first-order valence-electron chi connectivity index (χ1n) is 5.27. The van der Waals surface area contributed by atoms with Crippen molar-refractivity contribution in [1.29, 1.82) is 0 Å². The second-order valence-corrected chi connectivity index (χ2v) is 5.37. The maximum absolute atomic E-state index is 11.2. The summed E-state index contributed by atoms with van der Waals surface area (Å²) in [7, 11) is 1.68. The number of oxime groups is 1. The minimum absolute atomic E-state index is 0.107. The summed E-state index contributed by atoms with van der Waals surface area (Å²) in [5, 5.41) is 18.5. The third-order valence-corrected chi connectivity index (χ3v) is 4.37. The first-order chi connectivity index (χ1) is 8.06. The minimum Gasteiger partial charge on any atom is -0.409 e. The maximum Gasteiger partial charge on any atom is 0.343 e. The van der Waals surface area contributed by atoms with Gasteiger partial charge in [-0.3, -0.25) is 4.57 Å². The molecular formula is C9H15N5O2S. The van der Waals surface area contributed by atoms with Gasteiger partial charge in [-0.05, 0) is 18.3 Å². The normalized spacial score (nSPS) is 18.3. The molecule has 0 saturated heterocycles. The van der Waals surface area contributed by atoms with Crippen molar-refractivity contribution in [3.8, 4) is 0 Å². The van der Waals surface area contributed by atoms with Crippen LogP contribution in [0.3, 0.4) is 0 Å². The Morgan fingerprint density at radius 3 is 2.94 bits per heavy atom. The molecule has 1 aromatic rings. The van der Waals surface area contributed by atoms with Crippen LogP contribution in [0.4, 0.5) is 0 Å². The van der Waals surface area contributed by atoms with Gasteiger partial charge >= 0.3 is 5.69 Å². The lowest BCUT2D eigenvalue weighted by atomic mass is 10.1. The van der Waals surface area contributed by atoms with Gasteiger partial charge in [0.1, 0.15) is 5.84 Å². The monoisotopic (exact) mass is 257 g/mol. The van der Waals surface area contributed by atoms with Gasteiger partial charge in [0.25, 0.3) is 0 Å². The van der Waals surface area contributed by atoms with E-state index in [1.165, 1.54) is 16.3 Å². The highest BCUT2D eigenvalue weighted by atomic mass is 32.2. The second kappa shape index (κ2) is 4.44. The third-order valence-electron chi connectivity index (χ3n) is 2.99. The number of thioether (sulfide) groups is 1. The first kappa shape index (κ1) is 12.0. The molecule has 4 N–H and O–H groups in total. The molecule has 0 amide bonds. The van der Waals surface area contributed by atoms with Crippen LogP contribution in [0.2, 0.25) is 0 Å². The van der Waals surface area contributed by atoms with Gasteiger partial charge < -0.3 is 10.9 Å². The number of H-pyrrole nitrogens is 1. The Morgan fingerprint density at radius 1 is 1.76 bits per heavy atom. The number of rotatable bonds is 5. The highest BCUT2D eigenvalue weighted by Crippen LogP contribution is 2.51. The van der Waals surface area contributed by atoms with Crippen molar-refractivity contribution in [3.05, 3.63) is 10.5 Å². The zero-order chi connectivity index (χ0) is 12.5. The number of nitrogens with two attached hydrogens (primary N) is 1. The Labute approximate surface area is 102 Å². The van der Waals surface area contributed by atoms with Crippen LogP contribution in [0.1, 0.15) is 19.3 Å². The SMILES string of the molecule is Cn1c(SCC2(CC(N)=NO)CC2)n[nH]c1=O. The number of nitrogens with zero attached hydrogens (tertiary/aromatic N) is 3. The van der Waals surface area contributed by atoms with E-state index in [1.54, 1.807) is 7.05 Å². The van der Waals surface area contributed by atoms with Crippen LogP contribution in [0.5, 0.6) is 0 Å². The molecule has 0 unspecified atom stereocenters. The van der Waals surface area contributed by atoms with Crippen LogP contribution in [0.25, 0.3) is 0 Å². The number of hydrogen-bond acceptors (Lipinski definition) is 5. The average Bonchev–Trinajstić information content (AvgIpc) is 3.00. The van der Waals surface area contributed by atoms with Crippen LogP contribution >= 0.6 is 11.8 Å². The Bertz CT molecular complexity index is 488. The lowest BCUT2D eigenvalue weighted by Crippen LogP contribution is -2.19. The minimum atomic E-state index is -0.214. The van der Waals surface area contributed by atoms with Gasteiger partial charge in [0.2, 0.25) is 0 Å². The highest BCUT2D eigenvalue weighted by molar-refractivity contribution is 7.99. The molecule has 8 heteroatoms. The fraction of sp³-hybridized carbons (Fsp3) is 0.667. The van der Waals surface area contributed by atoms with E-state index in [1.807, 2.05) is 0 Å². The van der Waals surface area contributed by atoms with E-state index >= 15 is 0 Å². The molecule has 1 heterocycles. The first-order valence-corrected chi connectivity index (χ1v) is 6.25. The zero-order valence-electron chi connectivity index (χ0n) is 9.51. The summed E-state index contributed by atoms with van der Waals surface area (Å²) in [5.74, 6) is 1.08. The summed E-state index contributed by atoms with van der Waals surface area (Å²) in [6.45, 7) is 0. The van der Waals surface area contributed by atoms with Gasteiger partial charge in [0.15, 0.2) is 5.16 Å². The lowest BCUT2D eigenvalue weighted by molar-refractivity contribution is 0.315. The van der Waals surface area contributed by atoms with E-state index in [0.29, 0.717) is 11.6 Å². The summed E-state index contributed by atoms with van der Waals surface area (Å²) in [6.07, 6.45) is 2.72. The number of hydrogen-bond donors (Lipinski definition) is 3. The molecular weight excluding hydrogens is 242 g/mol. The molecule has 0 atom stereocenters. The molecule has 1 aliphatic rings. The van der Waals surface area contributed by atoms with E-state index in [4.69, 9.17) is 10.9 Å². The van der Waals surface area contributed by atoms with Crippen molar-refractivity contribution in [3.63, 3.8) is 0 Å². The van der Waals surface area contributed by atoms with Crippen LogP contribution in [-0.4, -0.2) is 31.6 Å². The van der Waals surface area contributed by atoms with Crippen LogP contribution in [0.15, 0.2) is 15.1 Å². The zero-order valence-corrected chi connectivity index (χ0v) is 10.3. The van der Waals surface area contributed by atoms with E-state index in [0.717, 1.165) is 18.6 Å². The predicted octanol–water partition coefficient (Wildman–Crippen LogP) is 0.117. The second-order valence-electron chi connectivity index (χ2n) is 4.43. The molecule has 1 fully saturated rings. The quantitative estimate of drug-likeness (QED) is 0.228. The van der Waals surface area contributed by atoms with Crippen molar-refractivity contribution >= 4 is 17.6 Å². The van der Waals surface area contributed by atoms with Crippen molar-refractivity contribution in [2.45, 2.75) is 24.4 Å². The number of aromatic nitrogens is 3. The molecule has 0 bridgehead atoms. The van der Waals surface area contributed by atoms with Gasteiger partial charge in [0.05, 0.1) is 0 Å². The summed E-state index contributed by atoms with van der Waals surface area (Å²) in [5.41, 5.74) is 5.41. The van der Waals surface area contributed by atoms with Crippen LogP contribution in [0, 0.1) is 5.41 Å². The Kier molecular flexibility index (Phi) is 3.14. The van der Waals surface area contributed by atoms with Gasteiger partial charge in [0, 0.05) is 19.2 Å². The topological polar surface area (TPSA) is 109 Å². The van der Waals surface area contributed by atoms with Gasteiger partial charge in [-0.2, -0.15) is 0 Å². The number of amidine groups is 1. The molecule has 94 valence electrons. The summed E-state index contributed by atoms with van der Waals surface area (Å²) in [6, 6.07) is 0. The molecule has 17 heavy (non-hydrogen) atoms. The van der Waals surface area contributed by atoms with E-state index < -0.39 is 0 Å². The summed E-state index contributed by atoms with van der Waals surface area (Å²) < 4.78 is 1.48. The van der Waals surface area contributed by atoms with Crippen molar-refractivity contribution < 1.29 is 5.21 Å². The summed E-state index contributed by atoms with van der Waals surface area (Å²) >= 11 is 1.52. The van der Waals surface area contributed by atoms with Crippen LogP contribution in [-0.2, 0) is 7.05 Å². The Balaban J connectivity index is 1.94. The van der Waals surface area contributed by atoms with E-state index in [-0.39, 0.29) is 16.9 Å². The van der Waals surface area contributed by atoms with Crippen molar-refractivity contribution in [2.75, 3.05) is 5.75 Å². The largest absolute Gasteiger partial charge is 0.409 e. The Hall–Kier alpha value is -1.44. The van der Waals surface area contributed by atoms with Gasteiger partial charge in [-0.1, -0.05) is 16.9 Å². The van der Waals surface area contributed by atoms with Crippen molar-refractivity contribution in [2.24, 2.45) is 23.4 Å². The van der Waals surface area contributed by atoms with Gasteiger partial charge in [-0.15, -0.1) is 5.10 Å². The molecule has 1 aromatic heterocycles. The molecule has 0 aliphatic heterocycles. The van der Waals surface area contributed by atoms with Crippen LogP contribution < -0.4 is 11.4 Å². The lowest BCUT2D eigenvalue weighted by Gasteiger charge is -2.12. The molecule has 1 aliphatic carbocycles. The molecule has 0 spiro atoms. The maximum atomic E-state index is 11.2. The molecule has 7 nitrogen and oxygen atoms in total. The smallest absolute Gasteiger partial charge is 0.343 e.